The molecular formula is C14H15N3O2. The number of carbonyl (C=O) groups excluding carboxylic acids is 2. The highest BCUT2D eigenvalue weighted by Crippen LogP contribution is 2.07. The van der Waals surface area contributed by atoms with E-state index in [2.05, 4.69) is 10.4 Å². The first-order valence-electron chi connectivity index (χ1n) is 5.99. The Morgan fingerprint density at radius 3 is 2.58 bits per heavy atom. The molecule has 0 aliphatic carbocycles. The van der Waals surface area contributed by atoms with Crippen molar-refractivity contribution in [3.05, 3.63) is 48.3 Å². The van der Waals surface area contributed by atoms with E-state index in [-0.39, 0.29) is 11.7 Å². The quantitative estimate of drug-likeness (QED) is 0.904. The fraction of sp³-hybridized carbons (Fsp3) is 0.214. The molecule has 1 heterocycles. The highest BCUT2D eigenvalue weighted by molar-refractivity contribution is 5.97. The number of carbonyl (C=O) groups is 2. The van der Waals surface area contributed by atoms with Crippen molar-refractivity contribution in [2.24, 2.45) is 0 Å². The molecule has 0 spiro atoms. The molecule has 2 aromatic rings. The molecule has 1 atom stereocenters. The number of Topliss-reactive ketones (excluding diaryl/α,β-unsaturated/α-hetero) is 1. The van der Waals surface area contributed by atoms with Crippen LogP contribution < -0.4 is 5.32 Å². The smallest absolute Gasteiger partial charge is 0.255 e. The molecule has 0 aliphatic rings. The number of rotatable bonds is 4. The number of amides is 1. The van der Waals surface area contributed by atoms with Crippen LogP contribution in [0.25, 0.3) is 5.69 Å². The van der Waals surface area contributed by atoms with E-state index in [1.54, 1.807) is 17.8 Å². The maximum absolute atomic E-state index is 11.9. The molecule has 1 amide bonds. The fourth-order valence-corrected chi connectivity index (χ4v) is 1.54. The highest BCUT2D eigenvalue weighted by atomic mass is 16.2. The molecule has 0 saturated carbocycles. The molecule has 1 aromatic carbocycles. The molecule has 98 valence electrons. The van der Waals surface area contributed by atoms with Crippen LogP contribution in [0.3, 0.4) is 0 Å². The van der Waals surface area contributed by atoms with Crippen LogP contribution >= 0.6 is 0 Å². The molecule has 1 N–H and O–H groups in total. The van der Waals surface area contributed by atoms with Crippen LogP contribution in [-0.4, -0.2) is 27.5 Å². The molecule has 0 aliphatic heterocycles. The number of ketones is 1. The summed E-state index contributed by atoms with van der Waals surface area (Å²) in [5.41, 5.74) is 1.30. The summed E-state index contributed by atoms with van der Waals surface area (Å²) in [6.07, 6.45) is 3.12. The molecule has 0 bridgehead atoms. The van der Waals surface area contributed by atoms with Crippen LogP contribution in [-0.2, 0) is 4.79 Å². The average molecular weight is 257 g/mol. The summed E-state index contributed by atoms with van der Waals surface area (Å²) in [6.45, 7) is 3.10. The Labute approximate surface area is 111 Å². The van der Waals surface area contributed by atoms with Gasteiger partial charge >= 0.3 is 0 Å². The third-order valence-electron chi connectivity index (χ3n) is 2.82. The number of benzene rings is 1. The van der Waals surface area contributed by atoms with Crippen LogP contribution in [0, 0.1) is 0 Å². The van der Waals surface area contributed by atoms with Crippen molar-refractivity contribution >= 4 is 11.7 Å². The van der Waals surface area contributed by atoms with Gasteiger partial charge in [-0.2, -0.15) is 5.10 Å². The van der Waals surface area contributed by atoms with Gasteiger partial charge in [-0.1, -0.05) is 18.2 Å². The van der Waals surface area contributed by atoms with Gasteiger partial charge in [-0.25, -0.2) is 4.68 Å². The van der Waals surface area contributed by atoms with Gasteiger partial charge in [0, 0.05) is 6.20 Å². The van der Waals surface area contributed by atoms with Gasteiger partial charge < -0.3 is 5.32 Å². The Morgan fingerprint density at radius 2 is 1.95 bits per heavy atom. The topological polar surface area (TPSA) is 64.0 Å². The monoisotopic (exact) mass is 257 g/mol. The second kappa shape index (κ2) is 5.48. The van der Waals surface area contributed by atoms with E-state index in [0.717, 1.165) is 5.69 Å². The van der Waals surface area contributed by atoms with Gasteiger partial charge in [0.15, 0.2) is 5.78 Å². The van der Waals surface area contributed by atoms with Gasteiger partial charge in [-0.15, -0.1) is 0 Å². The highest BCUT2D eigenvalue weighted by Gasteiger charge is 2.14. The first-order chi connectivity index (χ1) is 9.08. The summed E-state index contributed by atoms with van der Waals surface area (Å²) in [7, 11) is 0. The number of hydrogen-bond acceptors (Lipinski definition) is 3. The molecule has 1 aromatic heterocycles. The van der Waals surface area contributed by atoms with E-state index >= 15 is 0 Å². The Bertz CT molecular complexity index is 590. The lowest BCUT2D eigenvalue weighted by molar-refractivity contribution is -0.118. The second-order valence-corrected chi connectivity index (χ2v) is 4.31. The van der Waals surface area contributed by atoms with Crippen LogP contribution in [0.4, 0.5) is 0 Å². The van der Waals surface area contributed by atoms with Crippen molar-refractivity contribution in [1.82, 2.24) is 15.1 Å². The number of nitrogens with one attached hydrogen (secondary N) is 1. The minimum atomic E-state index is -0.493. The van der Waals surface area contributed by atoms with Crippen LogP contribution in [0.2, 0.25) is 0 Å². The fourth-order valence-electron chi connectivity index (χ4n) is 1.54. The first-order valence-corrected chi connectivity index (χ1v) is 5.99. The number of nitrogens with zero attached hydrogens (tertiary/aromatic N) is 2. The second-order valence-electron chi connectivity index (χ2n) is 4.31. The van der Waals surface area contributed by atoms with Crippen molar-refractivity contribution in [3.8, 4) is 5.69 Å². The summed E-state index contributed by atoms with van der Waals surface area (Å²) in [5, 5.41) is 6.75. The predicted octanol–water partition coefficient (Wildman–Crippen LogP) is 1.58. The standard InChI is InChI=1S/C14H15N3O2/c1-10(11(2)18)16-14(19)12-8-15-17(9-12)13-6-4-3-5-7-13/h3-10H,1-2H3,(H,16,19). The van der Waals surface area contributed by atoms with Crippen LogP contribution in [0.5, 0.6) is 0 Å². The number of aromatic nitrogens is 2. The maximum atomic E-state index is 11.9. The van der Waals surface area contributed by atoms with E-state index in [0.29, 0.717) is 5.56 Å². The Kier molecular flexibility index (Phi) is 3.75. The molecular weight excluding hydrogens is 242 g/mol. The summed E-state index contributed by atoms with van der Waals surface area (Å²) in [5.74, 6) is -0.381. The van der Waals surface area contributed by atoms with Gasteiger partial charge in [-0.05, 0) is 26.0 Å². The molecule has 0 fully saturated rings. The maximum Gasteiger partial charge on any atom is 0.255 e. The van der Waals surface area contributed by atoms with Crippen molar-refractivity contribution in [1.29, 1.82) is 0 Å². The van der Waals surface area contributed by atoms with Crippen molar-refractivity contribution in [2.45, 2.75) is 19.9 Å². The van der Waals surface area contributed by atoms with Gasteiger partial charge in [0.05, 0.1) is 23.5 Å². The third-order valence-corrected chi connectivity index (χ3v) is 2.82. The lowest BCUT2D eigenvalue weighted by atomic mass is 10.2. The summed E-state index contributed by atoms with van der Waals surface area (Å²) in [4.78, 5) is 23.0. The molecule has 0 saturated heterocycles. The summed E-state index contributed by atoms with van der Waals surface area (Å²) in [6, 6.07) is 9.01. The molecule has 1 unspecified atom stereocenters. The minimum Gasteiger partial charge on any atom is -0.342 e. The lowest BCUT2D eigenvalue weighted by Gasteiger charge is -2.08. The first kappa shape index (κ1) is 13.0. The SMILES string of the molecule is CC(=O)C(C)NC(=O)c1cnn(-c2ccccc2)c1. The zero-order valence-corrected chi connectivity index (χ0v) is 10.8. The van der Waals surface area contributed by atoms with Crippen molar-refractivity contribution in [2.75, 3.05) is 0 Å². The van der Waals surface area contributed by atoms with Crippen molar-refractivity contribution < 1.29 is 9.59 Å². The van der Waals surface area contributed by atoms with E-state index in [9.17, 15) is 9.59 Å². The third kappa shape index (κ3) is 3.07. The van der Waals surface area contributed by atoms with Crippen LogP contribution in [0.15, 0.2) is 42.7 Å². The lowest BCUT2D eigenvalue weighted by Crippen LogP contribution is -2.37. The zero-order chi connectivity index (χ0) is 13.8. The van der Waals surface area contributed by atoms with Gasteiger partial charge in [0.25, 0.3) is 5.91 Å². The normalized spacial score (nSPS) is 11.9. The van der Waals surface area contributed by atoms with Gasteiger partial charge in [0.1, 0.15) is 0 Å². The van der Waals surface area contributed by atoms with E-state index < -0.39 is 6.04 Å². The summed E-state index contributed by atoms with van der Waals surface area (Å²) < 4.78 is 1.62. The van der Waals surface area contributed by atoms with E-state index in [4.69, 9.17) is 0 Å². The van der Waals surface area contributed by atoms with Gasteiger partial charge in [0.2, 0.25) is 0 Å². The molecule has 5 nitrogen and oxygen atoms in total. The predicted molar refractivity (Wildman–Crippen MR) is 71.2 cm³/mol. The largest absolute Gasteiger partial charge is 0.342 e. The Hall–Kier alpha value is -2.43. The van der Waals surface area contributed by atoms with Crippen LogP contribution in [0.1, 0.15) is 24.2 Å². The Balaban J connectivity index is 2.13. The molecule has 2 rings (SSSR count). The number of hydrogen-bond donors (Lipinski definition) is 1. The minimum absolute atomic E-state index is 0.0798. The van der Waals surface area contributed by atoms with Gasteiger partial charge in [-0.3, -0.25) is 9.59 Å². The Morgan fingerprint density at radius 1 is 1.26 bits per heavy atom. The molecule has 5 heteroatoms. The molecule has 19 heavy (non-hydrogen) atoms. The zero-order valence-electron chi connectivity index (χ0n) is 10.8. The average Bonchev–Trinajstić information content (AvgIpc) is 2.89. The number of para-hydroxylation sites is 1. The summed E-state index contributed by atoms with van der Waals surface area (Å²) >= 11 is 0. The van der Waals surface area contributed by atoms with E-state index in [1.807, 2.05) is 30.3 Å². The van der Waals surface area contributed by atoms with Crippen molar-refractivity contribution in [3.63, 3.8) is 0 Å². The molecule has 0 radical (unpaired) electrons. The van der Waals surface area contributed by atoms with E-state index in [1.165, 1.54) is 13.1 Å².